The maximum atomic E-state index is 6.47. The first-order valence-electron chi connectivity index (χ1n) is 13.5. The quantitative estimate of drug-likeness (QED) is 0.145. The first-order valence-corrected chi connectivity index (χ1v) is 13.5. The van der Waals surface area contributed by atoms with Crippen molar-refractivity contribution in [1.82, 2.24) is 0 Å². The third kappa shape index (κ3) is 5.23. The van der Waals surface area contributed by atoms with E-state index in [4.69, 9.17) is 11.5 Å². The Morgan fingerprint density at radius 2 is 1.26 bits per heavy atom. The lowest BCUT2D eigenvalue weighted by atomic mass is 9.63. The van der Waals surface area contributed by atoms with Crippen molar-refractivity contribution >= 4 is 5.69 Å². The highest BCUT2D eigenvalue weighted by atomic mass is 14.6. The SMILES string of the molecule is CC/C=C(\C=C(\C)C(C)N)C(c1ccccc1)(c1ccc(-c2ccccc2)cc1)c1cc(C)c(N)c(C)c1. The lowest BCUT2D eigenvalue weighted by Gasteiger charge is -2.39. The smallest absolute Gasteiger partial charge is 0.0698 e. The van der Waals surface area contributed by atoms with Crippen molar-refractivity contribution in [3.63, 3.8) is 0 Å². The Hall–Kier alpha value is -3.88. The molecule has 0 aromatic heterocycles. The number of hydrogen-bond acceptors (Lipinski definition) is 2. The Balaban J connectivity index is 2.12. The summed E-state index contributed by atoms with van der Waals surface area (Å²) in [4.78, 5) is 0. The topological polar surface area (TPSA) is 52.0 Å². The van der Waals surface area contributed by atoms with Crippen LogP contribution < -0.4 is 11.5 Å². The molecule has 0 saturated carbocycles. The molecule has 4 aromatic rings. The van der Waals surface area contributed by atoms with Crippen molar-refractivity contribution in [3.8, 4) is 11.1 Å². The van der Waals surface area contributed by atoms with Crippen LogP contribution in [0.4, 0.5) is 5.69 Å². The molecular weight excluding hydrogens is 460 g/mol. The summed E-state index contributed by atoms with van der Waals surface area (Å²) in [7, 11) is 0. The Labute approximate surface area is 228 Å². The van der Waals surface area contributed by atoms with Gasteiger partial charge < -0.3 is 11.5 Å². The second kappa shape index (κ2) is 11.7. The van der Waals surface area contributed by atoms with Crippen LogP contribution in [-0.2, 0) is 5.41 Å². The van der Waals surface area contributed by atoms with E-state index in [0.29, 0.717) is 0 Å². The van der Waals surface area contributed by atoms with Gasteiger partial charge in [-0.05, 0) is 78.6 Å². The Morgan fingerprint density at radius 1 is 0.763 bits per heavy atom. The number of anilines is 1. The van der Waals surface area contributed by atoms with E-state index in [-0.39, 0.29) is 6.04 Å². The lowest BCUT2D eigenvalue weighted by molar-refractivity contribution is 0.731. The molecule has 0 aliphatic heterocycles. The average Bonchev–Trinajstić information content (AvgIpc) is 2.93. The summed E-state index contributed by atoms with van der Waals surface area (Å²) >= 11 is 0. The van der Waals surface area contributed by atoms with Crippen molar-refractivity contribution in [2.75, 3.05) is 5.73 Å². The van der Waals surface area contributed by atoms with Gasteiger partial charge in [-0.25, -0.2) is 0 Å². The molecule has 0 spiro atoms. The van der Waals surface area contributed by atoms with Crippen molar-refractivity contribution in [1.29, 1.82) is 0 Å². The normalized spacial score (nSPS) is 14.7. The van der Waals surface area contributed by atoms with Gasteiger partial charge in [-0.2, -0.15) is 0 Å². The maximum Gasteiger partial charge on any atom is 0.0698 e. The summed E-state index contributed by atoms with van der Waals surface area (Å²) in [5.74, 6) is 0. The summed E-state index contributed by atoms with van der Waals surface area (Å²) in [5.41, 5.74) is 23.7. The van der Waals surface area contributed by atoms with Crippen molar-refractivity contribution in [2.24, 2.45) is 5.73 Å². The number of allylic oxidation sites excluding steroid dienone is 3. The van der Waals surface area contributed by atoms with Gasteiger partial charge in [0.1, 0.15) is 0 Å². The van der Waals surface area contributed by atoms with Gasteiger partial charge in [-0.1, -0.05) is 122 Å². The molecule has 0 amide bonds. The number of benzene rings is 4. The van der Waals surface area contributed by atoms with E-state index in [9.17, 15) is 0 Å². The zero-order valence-electron chi connectivity index (χ0n) is 23.3. The minimum absolute atomic E-state index is 0.0425. The van der Waals surface area contributed by atoms with Gasteiger partial charge in [0.25, 0.3) is 0 Å². The third-order valence-corrected chi connectivity index (χ3v) is 7.62. The van der Waals surface area contributed by atoms with Crippen molar-refractivity contribution in [3.05, 3.63) is 148 Å². The van der Waals surface area contributed by atoms with E-state index >= 15 is 0 Å². The van der Waals surface area contributed by atoms with Crippen LogP contribution in [0.3, 0.4) is 0 Å². The first kappa shape index (κ1) is 27.2. The predicted octanol–water partition coefficient (Wildman–Crippen LogP) is 8.52. The van der Waals surface area contributed by atoms with Gasteiger partial charge in [0.2, 0.25) is 0 Å². The van der Waals surface area contributed by atoms with Crippen LogP contribution in [0, 0.1) is 13.8 Å². The van der Waals surface area contributed by atoms with Crippen LogP contribution in [0.1, 0.15) is 55.0 Å². The highest BCUT2D eigenvalue weighted by molar-refractivity contribution is 5.69. The molecule has 0 bridgehead atoms. The first-order chi connectivity index (χ1) is 18.3. The van der Waals surface area contributed by atoms with Gasteiger partial charge in [-0.3, -0.25) is 0 Å². The minimum Gasteiger partial charge on any atom is -0.398 e. The average molecular weight is 501 g/mol. The van der Waals surface area contributed by atoms with E-state index < -0.39 is 5.41 Å². The van der Waals surface area contributed by atoms with Crippen LogP contribution in [0.25, 0.3) is 11.1 Å². The Bertz CT molecular complexity index is 1410. The molecule has 0 fully saturated rings. The van der Waals surface area contributed by atoms with Gasteiger partial charge in [0.05, 0.1) is 5.41 Å². The van der Waals surface area contributed by atoms with E-state index in [1.54, 1.807) is 0 Å². The molecule has 38 heavy (non-hydrogen) atoms. The molecule has 0 heterocycles. The van der Waals surface area contributed by atoms with Crippen LogP contribution >= 0.6 is 0 Å². The molecule has 0 aliphatic carbocycles. The third-order valence-electron chi connectivity index (χ3n) is 7.62. The van der Waals surface area contributed by atoms with Crippen molar-refractivity contribution < 1.29 is 0 Å². The van der Waals surface area contributed by atoms with Gasteiger partial charge in [0.15, 0.2) is 0 Å². The van der Waals surface area contributed by atoms with Gasteiger partial charge >= 0.3 is 0 Å². The second-order valence-corrected chi connectivity index (χ2v) is 10.3. The largest absolute Gasteiger partial charge is 0.398 e. The van der Waals surface area contributed by atoms with Crippen LogP contribution in [0.15, 0.2) is 120 Å². The molecule has 2 heteroatoms. The fourth-order valence-corrected chi connectivity index (χ4v) is 5.34. The molecule has 4 N–H and O–H groups in total. The number of nitrogen functional groups attached to an aromatic ring is 1. The van der Waals surface area contributed by atoms with Crippen LogP contribution in [0.2, 0.25) is 0 Å². The fraction of sp³-hybridized carbons (Fsp3) is 0.222. The minimum atomic E-state index is -0.550. The highest BCUT2D eigenvalue weighted by Crippen LogP contribution is 2.48. The summed E-state index contributed by atoms with van der Waals surface area (Å²) < 4.78 is 0. The molecule has 2 nitrogen and oxygen atoms in total. The monoisotopic (exact) mass is 500 g/mol. The molecule has 0 radical (unpaired) electrons. The molecule has 0 saturated heterocycles. The van der Waals surface area contributed by atoms with E-state index in [1.165, 1.54) is 33.4 Å². The number of nitrogens with two attached hydrogens (primary N) is 2. The molecule has 194 valence electrons. The molecule has 2 unspecified atom stereocenters. The highest BCUT2D eigenvalue weighted by Gasteiger charge is 2.39. The zero-order valence-corrected chi connectivity index (χ0v) is 23.3. The maximum absolute atomic E-state index is 6.47. The zero-order chi connectivity index (χ0) is 27.3. The van der Waals surface area contributed by atoms with E-state index in [0.717, 1.165) is 28.8 Å². The molecule has 4 rings (SSSR count). The Morgan fingerprint density at radius 3 is 1.79 bits per heavy atom. The molecule has 2 atom stereocenters. The fourth-order valence-electron chi connectivity index (χ4n) is 5.34. The second-order valence-electron chi connectivity index (χ2n) is 10.3. The van der Waals surface area contributed by atoms with Crippen LogP contribution in [0.5, 0.6) is 0 Å². The number of rotatable bonds is 8. The molecular formula is C36H40N2. The van der Waals surface area contributed by atoms with E-state index in [2.05, 4.69) is 137 Å². The number of aryl methyl sites for hydroxylation is 2. The summed E-state index contributed by atoms with van der Waals surface area (Å²) in [6.45, 7) is 10.6. The molecule has 4 aromatic carbocycles. The summed E-state index contributed by atoms with van der Waals surface area (Å²) in [5, 5.41) is 0. The summed E-state index contributed by atoms with van der Waals surface area (Å²) in [6, 6.07) is 34.9. The van der Waals surface area contributed by atoms with Gasteiger partial charge in [0, 0.05) is 11.7 Å². The van der Waals surface area contributed by atoms with E-state index in [1.807, 2.05) is 6.92 Å². The van der Waals surface area contributed by atoms with Gasteiger partial charge in [-0.15, -0.1) is 0 Å². The Kier molecular flexibility index (Phi) is 8.34. The predicted molar refractivity (Wildman–Crippen MR) is 164 cm³/mol. The van der Waals surface area contributed by atoms with Crippen molar-refractivity contribution in [2.45, 2.75) is 52.5 Å². The molecule has 0 aliphatic rings. The lowest BCUT2D eigenvalue weighted by Crippen LogP contribution is -2.32. The standard InChI is InChI=1S/C36H40N2/c1-6-13-33(22-25(2)28(5)37)36(31-16-11-8-12-17-31,34-23-26(3)35(38)27(4)24-34)32-20-18-30(19-21-32)29-14-9-7-10-15-29/h7-24,28H,6,37-38H2,1-5H3/b25-22-,33-13+. The summed E-state index contributed by atoms with van der Waals surface area (Å²) in [6.07, 6.45) is 5.56. The number of hydrogen-bond donors (Lipinski definition) is 2. The van der Waals surface area contributed by atoms with Crippen LogP contribution in [-0.4, -0.2) is 6.04 Å².